The zero-order valence-corrected chi connectivity index (χ0v) is 18.4. The average molecular weight is 454 g/mol. The fourth-order valence-corrected chi connectivity index (χ4v) is 4.56. The van der Waals surface area contributed by atoms with Crippen molar-refractivity contribution in [1.82, 2.24) is 4.90 Å². The van der Waals surface area contributed by atoms with Gasteiger partial charge in [0.25, 0.3) is 11.1 Å². The van der Waals surface area contributed by atoms with Crippen LogP contribution in [-0.2, 0) is 16.1 Å². The number of hydrogen-bond acceptors (Lipinski definition) is 7. The summed E-state index contributed by atoms with van der Waals surface area (Å²) in [5.41, 5.74) is 2.81. The lowest BCUT2D eigenvalue weighted by atomic mass is 10.1. The van der Waals surface area contributed by atoms with E-state index in [-0.39, 0.29) is 29.4 Å². The Morgan fingerprint density at radius 1 is 1.06 bits per heavy atom. The number of nitrogens with one attached hydrogen (secondary N) is 1. The second-order valence-electron chi connectivity index (χ2n) is 7.61. The van der Waals surface area contributed by atoms with Crippen molar-refractivity contribution in [3.8, 4) is 0 Å². The molecule has 4 rings (SSSR count). The van der Waals surface area contributed by atoms with Crippen molar-refractivity contribution in [2.75, 3.05) is 36.2 Å². The molecule has 1 N–H and O–H groups in total. The molecule has 32 heavy (non-hydrogen) atoms. The molecular formula is C23H23N3O5S. The van der Waals surface area contributed by atoms with Crippen LogP contribution >= 0.6 is 11.8 Å². The van der Waals surface area contributed by atoms with Crippen molar-refractivity contribution in [3.05, 3.63) is 59.2 Å². The Morgan fingerprint density at radius 2 is 1.84 bits per heavy atom. The third kappa shape index (κ3) is 4.62. The molecule has 0 radical (unpaired) electrons. The summed E-state index contributed by atoms with van der Waals surface area (Å²) in [7, 11) is 1.31. The number of nitrogens with zero attached hydrogens (tertiary/aromatic N) is 2. The summed E-state index contributed by atoms with van der Waals surface area (Å²) >= 11 is 0.980. The van der Waals surface area contributed by atoms with Crippen LogP contribution in [0.25, 0.3) is 0 Å². The number of methoxy groups -OCH3 is 1. The van der Waals surface area contributed by atoms with Gasteiger partial charge in [-0.25, -0.2) is 4.79 Å². The van der Waals surface area contributed by atoms with Crippen LogP contribution in [-0.4, -0.2) is 53.9 Å². The predicted octanol–water partition coefficient (Wildman–Crippen LogP) is 3.52. The number of esters is 1. The Kier molecular flexibility index (Phi) is 6.45. The number of carbonyl (C=O) groups is 4. The summed E-state index contributed by atoms with van der Waals surface area (Å²) in [6.07, 6.45) is 2.14. The standard InChI is InChI=1S/C23H23N3O5S/c1-31-22(29)17-7-8-19(25-9-2-3-10-25)18(12-17)24-21(28)16-6-4-5-15(11-16)13-26-20(27)14-32-23(26)30/h4-8,11-12H,2-3,9-10,13-14H2,1H3,(H,24,28). The summed E-state index contributed by atoms with van der Waals surface area (Å²) in [4.78, 5) is 52.2. The predicted molar refractivity (Wildman–Crippen MR) is 122 cm³/mol. The van der Waals surface area contributed by atoms with Crippen LogP contribution in [0.5, 0.6) is 0 Å². The molecule has 0 spiro atoms. The highest BCUT2D eigenvalue weighted by atomic mass is 32.2. The molecule has 0 aliphatic carbocycles. The van der Waals surface area contributed by atoms with E-state index in [1.54, 1.807) is 36.4 Å². The number of hydrogen-bond donors (Lipinski definition) is 1. The van der Waals surface area contributed by atoms with Gasteiger partial charge in [-0.3, -0.25) is 19.3 Å². The number of thioether (sulfide) groups is 1. The van der Waals surface area contributed by atoms with E-state index in [4.69, 9.17) is 4.74 Å². The largest absolute Gasteiger partial charge is 0.465 e. The zero-order valence-electron chi connectivity index (χ0n) is 17.6. The van der Waals surface area contributed by atoms with E-state index in [0.717, 1.165) is 43.4 Å². The van der Waals surface area contributed by atoms with Crippen LogP contribution in [0.3, 0.4) is 0 Å². The van der Waals surface area contributed by atoms with Gasteiger partial charge in [-0.2, -0.15) is 0 Å². The van der Waals surface area contributed by atoms with Gasteiger partial charge < -0.3 is 15.0 Å². The summed E-state index contributed by atoms with van der Waals surface area (Å²) in [6, 6.07) is 12.0. The number of benzene rings is 2. The molecule has 0 aromatic heterocycles. The van der Waals surface area contributed by atoms with Gasteiger partial charge in [0, 0.05) is 18.7 Å². The van der Waals surface area contributed by atoms with E-state index in [1.165, 1.54) is 12.0 Å². The molecule has 2 heterocycles. The van der Waals surface area contributed by atoms with Crippen molar-refractivity contribution in [1.29, 1.82) is 0 Å². The van der Waals surface area contributed by atoms with Gasteiger partial charge in [-0.1, -0.05) is 23.9 Å². The molecule has 0 bridgehead atoms. The highest BCUT2D eigenvalue weighted by Crippen LogP contribution is 2.31. The van der Waals surface area contributed by atoms with E-state index in [9.17, 15) is 19.2 Å². The molecule has 2 saturated heterocycles. The van der Waals surface area contributed by atoms with Crippen LogP contribution < -0.4 is 10.2 Å². The minimum Gasteiger partial charge on any atom is -0.465 e. The second kappa shape index (κ2) is 9.44. The molecule has 2 aliphatic rings. The quantitative estimate of drug-likeness (QED) is 0.669. The highest BCUT2D eigenvalue weighted by Gasteiger charge is 2.30. The van der Waals surface area contributed by atoms with Crippen molar-refractivity contribution < 1.29 is 23.9 Å². The molecule has 2 aromatic carbocycles. The second-order valence-corrected chi connectivity index (χ2v) is 8.53. The number of imide groups is 1. The van der Waals surface area contributed by atoms with Crippen LogP contribution in [0.1, 0.15) is 39.1 Å². The Balaban J connectivity index is 1.57. The molecule has 8 nitrogen and oxygen atoms in total. The fraction of sp³-hybridized carbons (Fsp3) is 0.304. The van der Waals surface area contributed by atoms with Gasteiger partial charge in [0.15, 0.2) is 0 Å². The minimum atomic E-state index is -0.478. The molecule has 0 unspecified atom stereocenters. The van der Waals surface area contributed by atoms with E-state index >= 15 is 0 Å². The maximum atomic E-state index is 13.1. The Hall–Kier alpha value is -3.33. The van der Waals surface area contributed by atoms with Crippen molar-refractivity contribution >= 4 is 46.2 Å². The number of anilines is 2. The lowest BCUT2D eigenvalue weighted by Crippen LogP contribution is -2.28. The van der Waals surface area contributed by atoms with Crippen LogP contribution in [0.15, 0.2) is 42.5 Å². The Labute approximate surface area is 189 Å². The first kappa shape index (κ1) is 21.9. The summed E-state index contributed by atoms with van der Waals surface area (Å²) in [5, 5.41) is 2.64. The lowest BCUT2D eigenvalue weighted by molar-refractivity contribution is -0.125. The van der Waals surface area contributed by atoms with Gasteiger partial charge >= 0.3 is 5.97 Å². The van der Waals surface area contributed by atoms with Gasteiger partial charge in [-0.05, 0) is 48.7 Å². The highest BCUT2D eigenvalue weighted by molar-refractivity contribution is 8.14. The van der Waals surface area contributed by atoms with Gasteiger partial charge in [0.05, 0.1) is 36.3 Å². The Morgan fingerprint density at radius 3 is 2.53 bits per heavy atom. The van der Waals surface area contributed by atoms with Gasteiger partial charge in [0.1, 0.15) is 0 Å². The molecule has 2 fully saturated rings. The molecule has 2 aromatic rings. The van der Waals surface area contributed by atoms with Crippen molar-refractivity contribution in [2.45, 2.75) is 19.4 Å². The molecule has 9 heteroatoms. The topological polar surface area (TPSA) is 96.0 Å². The number of carbonyl (C=O) groups excluding carboxylic acids is 4. The van der Waals surface area contributed by atoms with Crippen LogP contribution in [0, 0.1) is 0 Å². The number of amides is 3. The van der Waals surface area contributed by atoms with E-state index in [0.29, 0.717) is 22.4 Å². The van der Waals surface area contributed by atoms with Crippen LogP contribution in [0.2, 0.25) is 0 Å². The maximum absolute atomic E-state index is 13.1. The zero-order chi connectivity index (χ0) is 22.7. The third-order valence-corrected chi connectivity index (χ3v) is 6.34. The molecule has 166 valence electrons. The first-order valence-electron chi connectivity index (χ1n) is 10.3. The first-order chi connectivity index (χ1) is 15.5. The molecule has 0 saturated carbocycles. The minimum absolute atomic E-state index is 0.128. The normalized spacial score (nSPS) is 15.9. The van der Waals surface area contributed by atoms with Crippen molar-refractivity contribution in [3.63, 3.8) is 0 Å². The molecule has 2 aliphatic heterocycles. The molecular weight excluding hydrogens is 430 g/mol. The average Bonchev–Trinajstić information content (AvgIpc) is 3.45. The maximum Gasteiger partial charge on any atom is 0.337 e. The molecule has 0 atom stereocenters. The SMILES string of the molecule is COC(=O)c1ccc(N2CCCC2)c(NC(=O)c2cccc(CN3C(=O)CSC3=O)c2)c1. The summed E-state index contributed by atoms with van der Waals surface area (Å²) in [5.74, 6) is -0.907. The lowest BCUT2D eigenvalue weighted by Gasteiger charge is -2.22. The van der Waals surface area contributed by atoms with Gasteiger partial charge in [-0.15, -0.1) is 0 Å². The van der Waals surface area contributed by atoms with E-state index in [1.807, 2.05) is 6.07 Å². The van der Waals surface area contributed by atoms with Gasteiger partial charge in [0.2, 0.25) is 5.91 Å². The van der Waals surface area contributed by atoms with Crippen molar-refractivity contribution in [2.24, 2.45) is 0 Å². The first-order valence-corrected chi connectivity index (χ1v) is 11.3. The summed E-state index contributed by atoms with van der Waals surface area (Å²) < 4.78 is 4.82. The Bertz CT molecular complexity index is 1070. The van der Waals surface area contributed by atoms with E-state index < -0.39 is 5.97 Å². The fourth-order valence-electron chi connectivity index (χ4n) is 3.84. The van der Waals surface area contributed by atoms with Crippen LogP contribution in [0.4, 0.5) is 16.2 Å². The number of ether oxygens (including phenoxy) is 1. The number of rotatable bonds is 6. The molecule has 3 amide bonds. The monoisotopic (exact) mass is 453 g/mol. The smallest absolute Gasteiger partial charge is 0.337 e. The summed E-state index contributed by atoms with van der Waals surface area (Å²) in [6.45, 7) is 1.89. The van der Waals surface area contributed by atoms with E-state index in [2.05, 4.69) is 10.2 Å². The third-order valence-electron chi connectivity index (χ3n) is 5.48.